The first kappa shape index (κ1) is 14.3. The summed E-state index contributed by atoms with van der Waals surface area (Å²) in [6, 6.07) is 21.2. The van der Waals surface area contributed by atoms with Crippen molar-refractivity contribution in [3.05, 3.63) is 60.7 Å². The molecule has 1 aliphatic rings. The predicted molar refractivity (Wildman–Crippen MR) is 88.5 cm³/mol. The second-order valence-corrected chi connectivity index (χ2v) is 5.39. The van der Waals surface area contributed by atoms with Crippen LogP contribution in [0.3, 0.4) is 0 Å². The van der Waals surface area contributed by atoms with Crippen molar-refractivity contribution in [2.45, 2.75) is 6.04 Å². The van der Waals surface area contributed by atoms with Crippen molar-refractivity contribution in [3.63, 3.8) is 0 Å². The Bertz CT molecular complexity index is 490. The van der Waals surface area contributed by atoms with Crippen molar-refractivity contribution in [3.8, 4) is 0 Å². The molecule has 2 aromatic rings. The number of hydrogen-bond donors (Lipinski definition) is 2. The summed E-state index contributed by atoms with van der Waals surface area (Å²) in [5, 5.41) is 6.89. The van der Waals surface area contributed by atoms with Crippen LogP contribution in [0.4, 0.5) is 0 Å². The zero-order chi connectivity index (χ0) is 14.3. The second kappa shape index (κ2) is 7.41. The molecular weight excluding hydrogens is 259 g/mol. The summed E-state index contributed by atoms with van der Waals surface area (Å²) < 4.78 is 6.25. The van der Waals surface area contributed by atoms with Crippen LogP contribution < -0.4 is 21.6 Å². The normalized spacial score (nSPS) is 18.4. The zero-order valence-electron chi connectivity index (χ0n) is 12.2. The van der Waals surface area contributed by atoms with Gasteiger partial charge in [0.2, 0.25) is 0 Å². The van der Waals surface area contributed by atoms with Gasteiger partial charge in [-0.15, -0.1) is 0 Å². The average molecular weight is 280 g/mol. The van der Waals surface area contributed by atoms with Crippen molar-refractivity contribution >= 4 is 17.8 Å². The van der Waals surface area contributed by atoms with Gasteiger partial charge in [0.1, 0.15) is 0 Å². The molecule has 2 aromatic carbocycles. The Morgan fingerprint density at radius 3 is 2.05 bits per heavy atom. The van der Waals surface area contributed by atoms with E-state index in [1.807, 2.05) is 12.1 Å². The SMILES string of the molecule is c1ccc(B(OCC2CNCCN2)c2ccccc2)cc1. The van der Waals surface area contributed by atoms with E-state index in [9.17, 15) is 0 Å². The van der Waals surface area contributed by atoms with Gasteiger partial charge in [0.25, 0.3) is 0 Å². The van der Waals surface area contributed by atoms with Crippen LogP contribution in [0.1, 0.15) is 0 Å². The van der Waals surface area contributed by atoms with Gasteiger partial charge in [0, 0.05) is 32.3 Å². The molecule has 1 fully saturated rings. The Morgan fingerprint density at radius 1 is 0.905 bits per heavy atom. The fourth-order valence-electron chi connectivity index (χ4n) is 2.68. The molecule has 4 heteroatoms. The molecule has 0 saturated carbocycles. The molecule has 0 radical (unpaired) electrons. The number of nitrogens with one attached hydrogen (secondary N) is 2. The van der Waals surface area contributed by atoms with E-state index in [0.29, 0.717) is 12.6 Å². The Hall–Kier alpha value is -1.62. The quantitative estimate of drug-likeness (QED) is 0.776. The monoisotopic (exact) mass is 280 g/mol. The van der Waals surface area contributed by atoms with Gasteiger partial charge in [-0.25, -0.2) is 0 Å². The van der Waals surface area contributed by atoms with E-state index in [1.165, 1.54) is 10.9 Å². The van der Waals surface area contributed by atoms with Crippen LogP contribution in [0.25, 0.3) is 0 Å². The van der Waals surface area contributed by atoms with E-state index in [0.717, 1.165) is 19.6 Å². The summed E-state index contributed by atoms with van der Waals surface area (Å²) in [4.78, 5) is 0. The Kier molecular flexibility index (Phi) is 5.06. The third-order valence-electron chi connectivity index (χ3n) is 3.79. The van der Waals surface area contributed by atoms with E-state index >= 15 is 0 Å². The van der Waals surface area contributed by atoms with Crippen molar-refractivity contribution in [2.75, 3.05) is 26.2 Å². The average Bonchev–Trinajstić information content (AvgIpc) is 2.58. The maximum absolute atomic E-state index is 6.25. The molecule has 3 rings (SSSR count). The summed E-state index contributed by atoms with van der Waals surface area (Å²) in [7, 11) is 0. The van der Waals surface area contributed by atoms with Crippen LogP contribution in [-0.4, -0.2) is 39.2 Å². The molecule has 1 atom stereocenters. The van der Waals surface area contributed by atoms with Gasteiger partial charge in [-0.3, -0.25) is 0 Å². The number of piperazine rings is 1. The zero-order valence-corrected chi connectivity index (χ0v) is 12.2. The summed E-state index contributed by atoms with van der Waals surface area (Å²) >= 11 is 0. The van der Waals surface area contributed by atoms with E-state index in [-0.39, 0.29) is 6.92 Å². The fourth-order valence-corrected chi connectivity index (χ4v) is 2.68. The topological polar surface area (TPSA) is 33.3 Å². The second-order valence-electron chi connectivity index (χ2n) is 5.39. The molecule has 21 heavy (non-hydrogen) atoms. The van der Waals surface area contributed by atoms with E-state index in [1.54, 1.807) is 0 Å². The molecule has 108 valence electrons. The molecule has 3 nitrogen and oxygen atoms in total. The van der Waals surface area contributed by atoms with Crippen LogP contribution in [-0.2, 0) is 4.65 Å². The molecule has 1 unspecified atom stereocenters. The molecule has 1 saturated heterocycles. The third kappa shape index (κ3) is 3.94. The van der Waals surface area contributed by atoms with Crippen LogP contribution >= 0.6 is 0 Å². The van der Waals surface area contributed by atoms with E-state index < -0.39 is 0 Å². The Balaban J connectivity index is 1.73. The minimum atomic E-state index is -0.00359. The highest BCUT2D eigenvalue weighted by Gasteiger charge is 2.23. The molecule has 1 aliphatic heterocycles. The van der Waals surface area contributed by atoms with Crippen LogP contribution in [0.5, 0.6) is 0 Å². The number of benzene rings is 2. The molecular formula is C17H21BN2O. The standard InChI is InChI=1S/C17H21BN2O/c1-3-7-15(8-4-1)18(16-9-5-2-6-10-16)21-14-17-13-19-11-12-20-17/h1-10,17,19-20H,11-14H2. The van der Waals surface area contributed by atoms with Gasteiger partial charge >= 0.3 is 6.92 Å². The maximum atomic E-state index is 6.25. The highest BCUT2D eigenvalue weighted by molar-refractivity contribution is 6.80. The number of hydrogen-bond acceptors (Lipinski definition) is 3. The largest absolute Gasteiger partial charge is 0.425 e. The summed E-state index contributed by atoms with van der Waals surface area (Å²) in [5.41, 5.74) is 2.40. The molecule has 0 aromatic heterocycles. The summed E-state index contributed by atoms with van der Waals surface area (Å²) in [6.07, 6.45) is 0. The molecule has 0 aliphatic carbocycles. The predicted octanol–water partition coefficient (Wildman–Crippen LogP) is 0.370. The van der Waals surface area contributed by atoms with Crippen LogP contribution in [0.2, 0.25) is 0 Å². The lowest BCUT2D eigenvalue weighted by Gasteiger charge is -2.26. The fraction of sp³-hybridized carbons (Fsp3) is 0.294. The Labute approximate surface area is 126 Å². The van der Waals surface area contributed by atoms with Gasteiger partial charge in [0.15, 0.2) is 0 Å². The van der Waals surface area contributed by atoms with E-state index in [4.69, 9.17) is 4.65 Å². The van der Waals surface area contributed by atoms with Gasteiger partial charge in [-0.1, -0.05) is 60.7 Å². The van der Waals surface area contributed by atoms with Crippen molar-refractivity contribution in [2.24, 2.45) is 0 Å². The van der Waals surface area contributed by atoms with Crippen molar-refractivity contribution < 1.29 is 4.65 Å². The first-order valence-corrected chi connectivity index (χ1v) is 7.59. The van der Waals surface area contributed by atoms with E-state index in [2.05, 4.69) is 59.2 Å². The molecule has 0 bridgehead atoms. The van der Waals surface area contributed by atoms with Crippen molar-refractivity contribution in [1.29, 1.82) is 0 Å². The maximum Gasteiger partial charge on any atom is 0.361 e. The van der Waals surface area contributed by atoms with Crippen molar-refractivity contribution in [1.82, 2.24) is 10.6 Å². The minimum Gasteiger partial charge on any atom is -0.425 e. The molecule has 0 amide bonds. The smallest absolute Gasteiger partial charge is 0.361 e. The highest BCUT2D eigenvalue weighted by Crippen LogP contribution is 1.97. The van der Waals surface area contributed by atoms with Gasteiger partial charge in [-0.2, -0.15) is 0 Å². The minimum absolute atomic E-state index is 0.00359. The third-order valence-corrected chi connectivity index (χ3v) is 3.79. The Morgan fingerprint density at radius 2 is 1.52 bits per heavy atom. The van der Waals surface area contributed by atoms with Gasteiger partial charge in [-0.05, 0) is 10.9 Å². The molecule has 2 N–H and O–H groups in total. The lowest BCUT2D eigenvalue weighted by molar-refractivity contribution is 0.255. The molecule has 0 spiro atoms. The first-order valence-electron chi connectivity index (χ1n) is 7.59. The molecule has 1 heterocycles. The summed E-state index contributed by atoms with van der Waals surface area (Å²) in [6.45, 7) is 3.72. The summed E-state index contributed by atoms with van der Waals surface area (Å²) in [5.74, 6) is 0. The lowest BCUT2D eigenvalue weighted by atomic mass is 9.55. The lowest BCUT2D eigenvalue weighted by Crippen LogP contribution is -2.53. The van der Waals surface area contributed by atoms with Gasteiger partial charge < -0.3 is 15.3 Å². The van der Waals surface area contributed by atoms with Gasteiger partial charge in [0.05, 0.1) is 0 Å². The van der Waals surface area contributed by atoms with Crippen LogP contribution in [0.15, 0.2) is 60.7 Å². The highest BCUT2D eigenvalue weighted by atomic mass is 16.4. The number of rotatable bonds is 5. The van der Waals surface area contributed by atoms with Crippen LogP contribution in [0, 0.1) is 0 Å². The first-order chi connectivity index (χ1) is 10.4.